The molecular formula is C23H30ClN3O3. The summed E-state index contributed by atoms with van der Waals surface area (Å²) in [5.41, 5.74) is 0.973. The molecule has 1 aromatic carbocycles. The normalized spacial score (nSPS) is 19.3. The topological polar surface area (TPSA) is 80.3 Å². The molecule has 1 aromatic heterocycles. The zero-order valence-corrected chi connectivity index (χ0v) is 18.6. The molecule has 0 radical (unpaired) electrons. The van der Waals surface area contributed by atoms with E-state index in [1.165, 1.54) is 0 Å². The predicted octanol–water partition coefficient (Wildman–Crippen LogP) is 4.95. The van der Waals surface area contributed by atoms with Crippen molar-refractivity contribution in [1.82, 2.24) is 15.6 Å². The first kappa shape index (κ1) is 22.3. The maximum absolute atomic E-state index is 12.7. The summed E-state index contributed by atoms with van der Waals surface area (Å²) in [5.74, 6) is 0.683. The number of alkyl carbamates (subject to hydrolysis) is 1. The molecule has 1 aliphatic rings. The molecule has 3 rings (SSSR count). The summed E-state index contributed by atoms with van der Waals surface area (Å²) in [6.07, 6.45) is 3.64. The van der Waals surface area contributed by atoms with Gasteiger partial charge in [-0.15, -0.1) is 0 Å². The summed E-state index contributed by atoms with van der Waals surface area (Å²) < 4.78 is 5.36. The summed E-state index contributed by atoms with van der Waals surface area (Å²) in [6.45, 7) is 6.86. The molecule has 0 aliphatic heterocycles. The Morgan fingerprint density at radius 3 is 2.50 bits per heavy atom. The summed E-state index contributed by atoms with van der Waals surface area (Å²) in [6, 6.07) is 9.12. The third-order valence-corrected chi connectivity index (χ3v) is 5.57. The van der Waals surface area contributed by atoms with Crippen LogP contribution >= 0.6 is 11.6 Å². The van der Waals surface area contributed by atoms with Crippen molar-refractivity contribution >= 4 is 34.5 Å². The number of benzene rings is 1. The van der Waals surface area contributed by atoms with Crippen LogP contribution in [0, 0.1) is 11.8 Å². The first-order valence-corrected chi connectivity index (χ1v) is 10.9. The van der Waals surface area contributed by atoms with E-state index in [0.717, 1.165) is 31.1 Å². The Morgan fingerprint density at radius 1 is 1.13 bits per heavy atom. The molecule has 0 bridgehead atoms. The number of amides is 2. The number of nitrogens with one attached hydrogen (secondary N) is 2. The molecule has 30 heavy (non-hydrogen) atoms. The lowest BCUT2D eigenvalue weighted by molar-refractivity contribution is 0.0916. The van der Waals surface area contributed by atoms with Gasteiger partial charge >= 0.3 is 6.09 Å². The smallest absolute Gasteiger partial charge is 0.407 e. The minimum atomic E-state index is -0.361. The van der Waals surface area contributed by atoms with Crippen LogP contribution in [0.5, 0.6) is 0 Å². The second-order valence-corrected chi connectivity index (χ2v) is 9.47. The highest BCUT2D eigenvalue weighted by Gasteiger charge is 2.24. The summed E-state index contributed by atoms with van der Waals surface area (Å²) in [5, 5.41) is 6.98. The molecule has 2 N–H and O–H groups in total. The molecule has 1 aliphatic carbocycles. The number of fused-ring (bicyclic) bond motifs is 1. The number of nitrogens with zero attached hydrogens (tertiary/aromatic N) is 1. The average Bonchev–Trinajstić information content (AvgIpc) is 2.69. The van der Waals surface area contributed by atoms with Gasteiger partial charge in [0.1, 0.15) is 5.15 Å². The number of para-hydroxylation sites is 1. The third-order valence-electron chi connectivity index (χ3n) is 5.37. The van der Waals surface area contributed by atoms with Gasteiger partial charge in [-0.3, -0.25) is 4.79 Å². The van der Waals surface area contributed by atoms with Gasteiger partial charge in [0.15, 0.2) is 0 Å². The molecule has 0 atom stereocenters. The number of aromatic nitrogens is 1. The minimum absolute atomic E-state index is 0.125. The van der Waals surface area contributed by atoms with E-state index in [1.807, 2.05) is 45.0 Å². The molecule has 0 saturated heterocycles. The molecule has 7 heteroatoms. The van der Waals surface area contributed by atoms with Crippen LogP contribution in [0.15, 0.2) is 30.3 Å². The fraction of sp³-hybridized carbons (Fsp3) is 0.522. The van der Waals surface area contributed by atoms with Crippen LogP contribution in [-0.4, -0.2) is 35.7 Å². The number of halogens is 1. The third kappa shape index (κ3) is 6.33. The fourth-order valence-corrected chi connectivity index (χ4v) is 4.00. The van der Waals surface area contributed by atoms with Crippen molar-refractivity contribution < 1.29 is 14.3 Å². The summed E-state index contributed by atoms with van der Waals surface area (Å²) in [7, 11) is 0. The Balaban J connectivity index is 1.45. The van der Waals surface area contributed by atoms with Gasteiger partial charge < -0.3 is 15.4 Å². The number of rotatable bonds is 5. The zero-order chi connectivity index (χ0) is 21.7. The zero-order valence-electron chi connectivity index (χ0n) is 17.8. The van der Waals surface area contributed by atoms with Crippen LogP contribution < -0.4 is 10.6 Å². The Labute approximate surface area is 182 Å². The lowest BCUT2D eigenvalue weighted by Gasteiger charge is -2.29. The summed E-state index contributed by atoms with van der Waals surface area (Å²) in [4.78, 5) is 28.8. The SMILES string of the molecule is CC(C)(C)NC(=O)OCC1CCC(CNC(=O)c2cc(Cl)nc3ccccc23)CC1. The average molecular weight is 432 g/mol. The molecule has 0 unspecified atom stereocenters. The van der Waals surface area contributed by atoms with Crippen LogP contribution in [0.4, 0.5) is 4.79 Å². The summed E-state index contributed by atoms with van der Waals surface area (Å²) >= 11 is 6.09. The van der Waals surface area contributed by atoms with Crippen molar-refractivity contribution in [3.05, 3.63) is 41.0 Å². The molecule has 162 valence electrons. The number of pyridine rings is 1. The Bertz CT molecular complexity index is 902. The van der Waals surface area contributed by atoms with E-state index >= 15 is 0 Å². The Hall–Kier alpha value is -2.34. The second kappa shape index (κ2) is 9.65. The molecule has 2 amide bonds. The predicted molar refractivity (Wildman–Crippen MR) is 119 cm³/mol. The molecule has 1 fully saturated rings. The van der Waals surface area contributed by atoms with Crippen molar-refractivity contribution in [1.29, 1.82) is 0 Å². The van der Waals surface area contributed by atoms with E-state index in [0.29, 0.717) is 41.2 Å². The highest BCUT2D eigenvalue weighted by Crippen LogP contribution is 2.29. The van der Waals surface area contributed by atoms with Crippen molar-refractivity contribution in [3.63, 3.8) is 0 Å². The quantitative estimate of drug-likeness (QED) is 0.656. The van der Waals surface area contributed by atoms with Crippen LogP contribution in [0.25, 0.3) is 10.9 Å². The van der Waals surface area contributed by atoms with Crippen molar-refractivity contribution in [2.24, 2.45) is 11.8 Å². The lowest BCUT2D eigenvalue weighted by atomic mass is 9.82. The number of ether oxygens (including phenoxy) is 1. The highest BCUT2D eigenvalue weighted by atomic mass is 35.5. The van der Waals surface area contributed by atoms with Crippen LogP contribution in [-0.2, 0) is 4.74 Å². The molecule has 2 aromatic rings. The van der Waals surface area contributed by atoms with Gasteiger partial charge in [-0.1, -0.05) is 29.8 Å². The van der Waals surface area contributed by atoms with Crippen LogP contribution in [0.3, 0.4) is 0 Å². The van der Waals surface area contributed by atoms with Gasteiger partial charge in [-0.25, -0.2) is 9.78 Å². The number of carbonyl (C=O) groups is 2. The van der Waals surface area contributed by atoms with E-state index in [2.05, 4.69) is 15.6 Å². The van der Waals surface area contributed by atoms with Gasteiger partial charge in [-0.2, -0.15) is 0 Å². The fourth-order valence-electron chi connectivity index (χ4n) is 3.80. The molecule has 6 nitrogen and oxygen atoms in total. The van der Waals surface area contributed by atoms with Crippen molar-refractivity contribution in [2.75, 3.05) is 13.2 Å². The van der Waals surface area contributed by atoms with Gasteiger partial charge in [-0.05, 0) is 70.4 Å². The Kier molecular flexibility index (Phi) is 7.19. The number of carbonyl (C=O) groups excluding carboxylic acids is 2. The van der Waals surface area contributed by atoms with Gasteiger partial charge in [0.2, 0.25) is 0 Å². The van der Waals surface area contributed by atoms with E-state index in [-0.39, 0.29) is 17.5 Å². The lowest BCUT2D eigenvalue weighted by Crippen LogP contribution is -2.41. The van der Waals surface area contributed by atoms with E-state index in [4.69, 9.17) is 16.3 Å². The second-order valence-electron chi connectivity index (χ2n) is 9.08. The van der Waals surface area contributed by atoms with Crippen molar-refractivity contribution in [3.8, 4) is 0 Å². The van der Waals surface area contributed by atoms with Gasteiger partial charge in [0, 0.05) is 17.5 Å². The molecule has 1 heterocycles. The molecule has 1 saturated carbocycles. The first-order valence-electron chi connectivity index (χ1n) is 10.5. The van der Waals surface area contributed by atoms with E-state index in [9.17, 15) is 9.59 Å². The van der Waals surface area contributed by atoms with E-state index < -0.39 is 0 Å². The monoisotopic (exact) mass is 431 g/mol. The molecule has 0 spiro atoms. The Morgan fingerprint density at radius 2 is 1.80 bits per heavy atom. The number of hydrogen-bond donors (Lipinski definition) is 2. The highest BCUT2D eigenvalue weighted by molar-refractivity contribution is 6.30. The maximum Gasteiger partial charge on any atom is 0.407 e. The minimum Gasteiger partial charge on any atom is -0.449 e. The largest absolute Gasteiger partial charge is 0.449 e. The number of hydrogen-bond acceptors (Lipinski definition) is 4. The standard InChI is InChI=1S/C23H30ClN3O3/c1-23(2,3)27-22(29)30-14-16-10-8-15(9-11-16)13-25-21(28)18-12-20(24)26-19-7-5-4-6-17(18)19/h4-7,12,15-16H,8-11,13-14H2,1-3H3,(H,25,28)(H,27,29). The van der Waals surface area contributed by atoms with Crippen molar-refractivity contribution in [2.45, 2.75) is 52.0 Å². The molecular weight excluding hydrogens is 402 g/mol. The van der Waals surface area contributed by atoms with Gasteiger partial charge in [0.05, 0.1) is 17.7 Å². The van der Waals surface area contributed by atoms with Gasteiger partial charge in [0.25, 0.3) is 5.91 Å². The van der Waals surface area contributed by atoms with E-state index in [1.54, 1.807) is 6.07 Å². The van der Waals surface area contributed by atoms with Crippen LogP contribution in [0.2, 0.25) is 5.15 Å². The van der Waals surface area contributed by atoms with Crippen LogP contribution in [0.1, 0.15) is 56.8 Å². The maximum atomic E-state index is 12.7. The first-order chi connectivity index (χ1) is 14.2.